The Morgan fingerprint density at radius 2 is 2.13 bits per heavy atom. The van der Waals surface area contributed by atoms with E-state index in [-0.39, 0.29) is 11.8 Å². The lowest BCUT2D eigenvalue weighted by Crippen LogP contribution is -2.57. The third kappa shape index (κ3) is 4.55. The first kappa shape index (κ1) is 21.3. The highest BCUT2D eigenvalue weighted by Gasteiger charge is 2.35. The lowest BCUT2D eigenvalue weighted by atomic mass is 10.1. The fraction of sp³-hybridized carbons (Fsp3) is 0.273. The van der Waals surface area contributed by atoms with E-state index < -0.39 is 6.04 Å². The molecule has 1 aromatic carbocycles. The molecule has 7 nitrogen and oxygen atoms in total. The van der Waals surface area contributed by atoms with Gasteiger partial charge in [-0.05, 0) is 42.3 Å². The van der Waals surface area contributed by atoms with Gasteiger partial charge in [0.1, 0.15) is 18.2 Å². The molecule has 1 saturated heterocycles. The average Bonchev–Trinajstić information content (AvgIpc) is 3.18. The van der Waals surface area contributed by atoms with Gasteiger partial charge in [0.15, 0.2) is 0 Å². The van der Waals surface area contributed by atoms with E-state index >= 15 is 0 Å². The van der Waals surface area contributed by atoms with Crippen LogP contribution in [0, 0.1) is 0 Å². The fourth-order valence-corrected chi connectivity index (χ4v) is 4.73. The summed E-state index contributed by atoms with van der Waals surface area (Å²) in [5, 5.41) is 0.790. The zero-order valence-electron chi connectivity index (χ0n) is 17.0. The Morgan fingerprint density at radius 1 is 1.29 bits per heavy atom. The van der Waals surface area contributed by atoms with E-state index in [4.69, 9.17) is 17.3 Å². The van der Waals surface area contributed by atoms with Gasteiger partial charge in [-0.25, -0.2) is 9.97 Å². The number of anilines is 1. The van der Waals surface area contributed by atoms with Crippen LogP contribution >= 0.6 is 22.9 Å². The molecular formula is C22H22ClN5O2S. The predicted molar refractivity (Wildman–Crippen MR) is 124 cm³/mol. The van der Waals surface area contributed by atoms with Crippen LogP contribution in [0.4, 0.5) is 5.82 Å². The van der Waals surface area contributed by atoms with Crippen molar-refractivity contribution in [2.75, 3.05) is 18.8 Å². The summed E-state index contributed by atoms with van der Waals surface area (Å²) in [6.07, 6.45) is 5.25. The van der Waals surface area contributed by atoms with Crippen molar-refractivity contribution in [1.82, 2.24) is 19.8 Å². The molecule has 2 amide bonds. The Morgan fingerprint density at radius 3 is 2.87 bits per heavy atom. The van der Waals surface area contributed by atoms with Gasteiger partial charge in [-0.15, -0.1) is 11.3 Å². The number of rotatable bonds is 5. The van der Waals surface area contributed by atoms with E-state index in [0.29, 0.717) is 36.2 Å². The van der Waals surface area contributed by atoms with E-state index in [2.05, 4.69) is 9.97 Å². The second-order valence-electron chi connectivity index (χ2n) is 7.30. The van der Waals surface area contributed by atoms with Crippen LogP contribution in [0.2, 0.25) is 4.34 Å². The third-order valence-corrected chi connectivity index (χ3v) is 6.54. The monoisotopic (exact) mass is 455 g/mol. The van der Waals surface area contributed by atoms with E-state index in [1.54, 1.807) is 21.9 Å². The number of nitrogens with two attached hydrogens (primary N) is 1. The maximum Gasteiger partial charge on any atom is 0.247 e. The molecule has 0 aliphatic carbocycles. The first-order chi connectivity index (χ1) is 15.0. The minimum absolute atomic E-state index is 0.0445. The molecular weight excluding hydrogens is 434 g/mol. The molecule has 1 aliphatic rings. The van der Waals surface area contributed by atoms with Gasteiger partial charge >= 0.3 is 0 Å². The predicted octanol–water partition coefficient (Wildman–Crippen LogP) is 3.59. The summed E-state index contributed by atoms with van der Waals surface area (Å²) in [4.78, 5) is 38.5. The van der Waals surface area contributed by atoms with Gasteiger partial charge in [-0.2, -0.15) is 0 Å². The van der Waals surface area contributed by atoms with Crippen LogP contribution in [0.15, 0.2) is 42.7 Å². The second-order valence-corrected chi connectivity index (χ2v) is 9.05. The standard InChI is InChI=1S/C22H22ClN5O2S/c1-2-18-22(30)27(12-14-3-6-16-17(11-14)25-13-26-21(16)24)9-10-28(18)20(29)8-5-15-4-7-19(23)31-15/h3-8,11,13,18H,2,9-10,12H2,1H3,(H2,24,25,26)/b8-5+. The normalized spacial score (nSPS) is 17.1. The molecule has 1 fully saturated rings. The van der Waals surface area contributed by atoms with E-state index in [1.807, 2.05) is 31.2 Å². The maximum atomic E-state index is 13.1. The molecule has 1 atom stereocenters. The zero-order valence-corrected chi connectivity index (χ0v) is 18.6. The van der Waals surface area contributed by atoms with Crippen LogP contribution < -0.4 is 5.73 Å². The van der Waals surface area contributed by atoms with Crippen molar-refractivity contribution >= 4 is 57.5 Å². The van der Waals surface area contributed by atoms with Gasteiger partial charge in [-0.1, -0.05) is 24.6 Å². The number of nitrogens with zero attached hydrogens (tertiary/aromatic N) is 4. The number of thiophene rings is 1. The van der Waals surface area contributed by atoms with Crippen molar-refractivity contribution in [2.45, 2.75) is 25.9 Å². The van der Waals surface area contributed by atoms with Gasteiger partial charge in [-0.3, -0.25) is 9.59 Å². The molecule has 9 heteroatoms. The van der Waals surface area contributed by atoms with Crippen molar-refractivity contribution in [1.29, 1.82) is 0 Å². The third-order valence-electron chi connectivity index (χ3n) is 5.34. The molecule has 1 aliphatic heterocycles. The Balaban J connectivity index is 1.46. The Kier molecular flexibility index (Phi) is 6.20. The Hall–Kier alpha value is -2.97. The van der Waals surface area contributed by atoms with Gasteiger partial charge in [0.05, 0.1) is 9.85 Å². The highest BCUT2D eigenvalue weighted by Crippen LogP contribution is 2.24. The molecule has 1 unspecified atom stereocenters. The summed E-state index contributed by atoms with van der Waals surface area (Å²) >= 11 is 7.34. The smallest absolute Gasteiger partial charge is 0.247 e. The number of amides is 2. The van der Waals surface area contributed by atoms with Crippen LogP contribution in [-0.4, -0.2) is 50.7 Å². The topological polar surface area (TPSA) is 92.4 Å². The fourth-order valence-electron chi connectivity index (χ4n) is 3.76. The molecule has 0 radical (unpaired) electrons. The molecule has 3 heterocycles. The van der Waals surface area contributed by atoms with Crippen molar-refractivity contribution < 1.29 is 9.59 Å². The van der Waals surface area contributed by atoms with Crippen LogP contribution in [0.25, 0.3) is 17.0 Å². The lowest BCUT2D eigenvalue weighted by molar-refractivity contribution is -0.149. The number of carbonyl (C=O) groups is 2. The number of hydrogen-bond donors (Lipinski definition) is 1. The first-order valence-corrected chi connectivity index (χ1v) is 11.2. The van der Waals surface area contributed by atoms with Crippen LogP contribution in [0.3, 0.4) is 0 Å². The number of carbonyl (C=O) groups excluding carboxylic acids is 2. The summed E-state index contributed by atoms with van der Waals surface area (Å²) in [6, 6.07) is 8.91. The van der Waals surface area contributed by atoms with E-state index in [9.17, 15) is 9.59 Å². The minimum atomic E-state index is -0.476. The highest BCUT2D eigenvalue weighted by atomic mass is 35.5. The molecule has 160 valence electrons. The number of halogens is 1. The summed E-state index contributed by atoms with van der Waals surface area (Å²) in [6.45, 7) is 3.34. The molecule has 0 spiro atoms. The molecule has 31 heavy (non-hydrogen) atoms. The van der Waals surface area contributed by atoms with Gasteiger partial charge in [0.25, 0.3) is 0 Å². The molecule has 2 N–H and O–H groups in total. The molecule has 2 aromatic heterocycles. The number of hydrogen-bond acceptors (Lipinski definition) is 6. The highest BCUT2D eigenvalue weighted by molar-refractivity contribution is 7.17. The number of piperazine rings is 1. The number of aromatic nitrogens is 2. The van der Waals surface area contributed by atoms with Crippen LogP contribution in [0.1, 0.15) is 23.8 Å². The van der Waals surface area contributed by atoms with Gasteiger partial charge < -0.3 is 15.5 Å². The molecule has 3 aromatic rings. The van der Waals surface area contributed by atoms with E-state index in [0.717, 1.165) is 21.3 Å². The van der Waals surface area contributed by atoms with Gasteiger partial charge in [0.2, 0.25) is 11.8 Å². The quantitative estimate of drug-likeness (QED) is 0.593. The van der Waals surface area contributed by atoms with Crippen LogP contribution in [-0.2, 0) is 16.1 Å². The van der Waals surface area contributed by atoms with Crippen LogP contribution in [0.5, 0.6) is 0 Å². The lowest BCUT2D eigenvalue weighted by Gasteiger charge is -2.40. The SMILES string of the molecule is CCC1C(=O)N(Cc2ccc3c(N)ncnc3c2)CCN1C(=O)/C=C/c1ccc(Cl)s1. The van der Waals surface area contributed by atoms with Crippen molar-refractivity contribution in [3.63, 3.8) is 0 Å². The van der Waals surface area contributed by atoms with E-state index in [1.165, 1.54) is 23.7 Å². The number of nitrogen functional groups attached to an aromatic ring is 1. The second kappa shape index (κ2) is 9.03. The van der Waals surface area contributed by atoms with Crippen molar-refractivity contribution in [3.8, 4) is 0 Å². The Bertz CT molecular complexity index is 1160. The summed E-state index contributed by atoms with van der Waals surface area (Å²) in [7, 11) is 0. The molecule has 4 rings (SSSR count). The minimum Gasteiger partial charge on any atom is -0.383 e. The Labute approximate surface area is 189 Å². The maximum absolute atomic E-state index is 13.1. The number of benzene rings is 1. The summed E-state index contributed by atoms with van der Waals surface area (Å²) in [5.74, 6) is 0.225. The average molecular weight is 456 g/mol. The summed E-state index contributed by atoms with van der Waals surface area (Å²) in [5.41, 5.74) is 7.60. The summed E-state index contributed by atoms with van der Waals surface area (Å²) < 4.78 is 0.671. The van der Waals surface area contributed by atoms with Crippen molar-refractivity contribution in [3.05, 3.63) is 57.5 Å². The number of fused-ring (bicyclic) bond motifs is 1. The molecule has 0 bridgehead atoms. The van der Waals surface area contributed by atoms with Crippen molar-refractivity contribution in [2.24, 2.45) is 0 Å². The zero-order chi connectivity index (χ0) is 22.0. The largest absolute Gasteiger partial charge is 0.383 e. The molecule has 0 saturated carbocycles. The van der Waals surface area contributed by atoms with Gasteiger partial charge in [0, 0.05) is 36.0 Å². The first-order valence-electron chi connectivity index (χ1n) is 9.98.